The van der Waals surface area contributed by atoms with E-state index in [2.05, 4.69) is 5.32 Å². The minimum Gasteiger partial charge on any atom is -0.465 e. The van der Waals surface area contributed by atoms with Gasteiger partial charge in [-0.1, -0.05) is 62.7 Å². The topological polar surface area (TPSA) is 113 Å². The van der Waals surface area contributed by atoms with Gasteiger partial charge in [-0.2, -0.15) is 0 Å². The number of hydrogen-bond donors (Lipinski definition) is 3. The largest absolute Gasteiger partial charge is 0.465 e. The van der Waals surface area contributed by atoms with Crippen molar-refractivity contribution in [3.63, 3.8) is 0 Å². The Hall–Kier alpha value is -2.65. The molecule has 0 spiro atoms. The van der Waals surface area contributed by atoms with Crippen LogP contribution in [0.1, 0.15) is 43.6 Å². The van der Waals surface area contributed by atoms with Crippen LogP contribution in [0.25, 0.3) is 10.4 Å². The Morgan fingerprint density at radius 2 is 2.00 bits per heavy atom. The van der Waals surface area contributed by atoms with Crippen molar-refractivity contribution in [3.8, 4) is 10.4 Å². The summed E-state index contributed by atoms with van der Waals surface area (Å²) < 4.78 is 0. The van der Waals surface area contributed by atoms with E-state index in [4.69, 9.17) is 5.11 Å². The van der Waals surface area contributed by atoms with E-state index in [0.29, 0.717) is 19.3 Å². The minimum atomic E-state index is -1.34. The quantitative estimate of drug-likeness (QED) is 0.479. The molecule has 3 N–H and O–H groups in total. The Kier molecular flexibility index (Phi) is 7.73. The summed E-state index contributed by atoms with van der Waals surface area (Å²) in [4.78, 5) is 48.9. The van der Waals surface area contributed by atoms with Crippen molar-refractivity contribution in [2.75, 3.05) is 0 Å². The molecule has 2 unspecified atom stereocenters. The average molecular weight is 475 g/mol. The molecule has 0 radical (unpaired) electrons. The first-order chi connectivity index (χ1) is 15.2. The Labute approximate surface area is 195 Å². The van der Waals surface area contributed by atoms with E-state index in [1.54, 1.807) is 11.3 Å². The molecule has 1 aromatic heterocycles. The van der Waals surface area contributed by atoms with Crippen LogP contribution in [0.15, 0.2) is 36.4 Å². The normalized spacial score (nSPS) is 17.6. The highest BCUT2D eigenvalue weighted by Gasteiger charge is 2.34. The third kappa shape index (κ3) is 5.98. The molecule has 1 aliphatic heterocycles. The van der Waals surface area contributed by atoms with E-state index < -0.39 is 22.7 Å². The second-order valence-corrected chi connectivity index (χ2v) is 10.5. The summed E-state index contributed by atoms with van der Waals surface area (Å²) >= 11 is 2.59. The van der Waals surface area contributed by atoms with Crippen molar-refractivity contribution < 1.29 is 24.3 Å². The Bertz CT molecular complexity index is 1030. The van der Waals surface area contributed by atoms with E-state index in [0.717, 1.165) is 45.5 Å². The first kappa shape index (κ1) is 24.0. The van der Waals surface area contributed by atoms with Crippen LogP contribution in [0.4, 0.5) is 9.59 Å². The number of thioether (sulfide) groups is 1. The van der Waals surface area contributed by atoms with Crippen LogP contribution in [0, 0.1) is 5.41 Å². The molecule has 2 aromatic rings. The molecule has 2 heterocycles. The Balaban J connectivity index is 1.76. The number of carboxylic acid groups (broad SMARTS) is 1. The number of carbonyl (C=O) groups is 4. The summed E-state index contributed by atoms with van der Waals surface area (Å²) in [5, 5.41) is 12.6. The molecule has 32 heavy (non-hydrogen) atoms. The standard InChI is InChI=1S/C23H26N2O5S2/c1-3-4-10-23(2,20(27)25-21(28)29)13-14-6-5-7-15(11-14)17-9-8-16(31-17)12-18-19(26)24-22(30)32-18/h5-9,11,18H,3-4,10,12-13H2,1-2H3,(H,25,27)(H,28,29)(H,24,26,30). The fourth-order valence-electron chi connectivity index (χ4n) is 3.74. The number of benzene rings is 1. The predicted octanol–water partition coefficient (Wildman–Crippen LogP) is 4.84. The molecule has 2 atom stereocenters. The van der Waals surface area contributed by atoms with Gasteiger partial charge in [0.2, 0.25) is 11.8 Å². The number of hydrogen-bond acceptors (Lipinski definition) is 6. The molecule has 1 aromatic carbocycles. The van der Waals surface area contributed by atoms with Gasteiger partial charge in [-0.25, -0.2) is 4.79 Å². The predicted molar refractivity (Wildman–Crippen MR) is 126 cm³/mol. The number of thiophene rings is 1. The van der Waals surface area contributed by atoms with Gasteiger partial charge in [0.05, 0.1) is 10.7 Å². The van der Waals surface area contributed by atoms with E-state index in [-0.39, 0.29) is 11.1 Å². The molecule has 170 valence electrons. The number of nitrogens with one attached hydrogen (secondary N) is 2. The van der Waals surface area contributed by atoms with Crippen molar-refractivity contribution in [1.82, 2.24) is 10.6 Å². The van der Waals surface area contributed by atoms with E-state index in [1.165, 1.54) is 0 Å². The number of rotatable bonds is 9. The van der Waals surface area contributed by atoms with Crippen molar-refractivity contribution in [2.45, 2.75) is 51.2 Å². The lowest BCUT2D eigenvalue weighted by molar-refractivity contribution is -0.129. The molecule has 9 heteroatoms. The van der Waals surface area contributed by atoms with E-state index in [9.17, 15) is 19.2 Å². The van der Waals surface area contributed by atoms with Gasteiger partial charge in [-0.05, 0) is 36.1 Å². The number of unbranched alkanes of at least 4 members (excludes halogenated alkanes) is 1. The van der Waals surface area contributed by atoms with Gasteiger partial charge in [-0.15, -0.1) is 11.3 Å². The van der Waals surface area contributed by atoms with Gasteiger partial charge in [-0.3, -0.25) is 25.0 Å². The molecule has 0 bridgehead atoms. The fraction of sp³-hybridized carbons (Fsp3) is 0.391. The van der Waals surface area contributed by atoms with Gasteiger partial charge in [0.25, 0.3) is 5.24 Å². The number of carbonyl (C=O) groups excluding carboxylic acids is 3. The third-order valence-electron chi connectivity index (χ3n) is 5.47. The summed E-state index contributed by atoms with van der Waals surface area (Å²) in [6.45, 7) is 3.84. The smallest absolute Gasteiger partial charge is 0.411 e. The second-order valence-electron chi connectivity index (χ2n) is 8.15. The van der Waals surface area contributed by atoms with Crippen molar-refractivity contribution >= 4 is 46.2 Å². The lowest BCUT2D eigenvalue weighted by Gasteiger charge is -2.27. The molecule has 1 saturated heterocycles. The van der Waals surface area contributed by atoms with Crippen LogP contribution in [0.3, 0.4) is 0 Å². The van der Waals surface area contributed by atoms with Gasteiger partial charge in [0.1, 0.15) is 0 Å². The zero-order chi connectivity index (χ0) is 23.3. The molecular formula is C23H26N2O5S2. The summed E-state index contributed by atoms with van der Waals surface area (Å²) in [6, 6.07) is 11.8. The summed E-state index contributed by atoms with van der Waals surface area (Å²) in [5.41, 5.74) is 1.12. The molecule has 0 saturated carbocycles. The van der Waals surface area contributed by atoms with Crippen LogP contribution >= 0.6 is 23.1 Å². The third-order valence-corrected chi connectivity index (χ3v) is 7.61. The maximum atomic E-state index is 12.6. The highest BCUT2D eigenvalue weighted by molar-refractivity contribution is 8.15. The number of imide groups is 2. The minimum absolute atomic E-state index is 0.247. The van der Waals surface area contributed by atoms with E-state index in [1.807, 2.05) is 55.6 Å². The summed E-state index contributed by atoms with van der Waals surface area (Å²) in [5.74, 6) is -0.730. The molecule has 3 rings (SSSR count). The summed E-state index contributed by atoms with van der Waals surface area (Å²) in [7, 11) is 0. The van der Waals surface area contributed by atoms with Crippen LogP contribution in [0.5, 0.6) is 0 Å². The second kappa shape index (κ2) is 10.3. The van der Waals surface area contributed by atoms with Crippen LogP contribution in [-0.2, 0) is 22.4 Å². The van der Waals surface area contributed by atoms with Crippen molar-refractivity contribution in [3.05, 3.63) is 46.8 Å². The van der Waals surface area contributed by atoms with E-state index >= 15 is 0 Å². The SMILES string of the molecule is CCCCC(C)(Cc1cccc(-c2ccc(CC3SC(=O)NC3=O)s2)c1)C(=O)NC(=O)O. The molecule has 1 aliphatic rings. The summed E-state index contributed by atoms with van der Waals surface area (Å²) in [6.07, 6.45) is 1.92. The molecule has 1 fully saturated rings. The van der Waals surface area contributed by atoms with Gasteiger partial charge < -0.3 is 5.11 Å². The molecule has 0 aliphatic carbocycles. The monoisotopic (exact) mass is 474 g/mol. The average Bonchev–Trinajstić information content (AvgIpc) is 3.32. The molecular weight excluding hydrogens is 448 g/mol. The first-order valence-corrected chi connectivity index (χ1v) is 12.1. The highest BCUT2D eigenvalue weighted by atomic mass is 32.2. The fourth-order valence-corrected chi connectivity index (χ4v) is 5.74. The zero-order valence-electron chi connectivity index (χ0n) is 18.0. The first-order valence-electron chi connectivity index (χ1n) is 10.4. The maximum absolute atomic E-state index is 12.6. The Morgan fingerprint density at radius 3 is 2.66 bits per heavy atom. The highest BCUT2D eigenvalue weighted by Crippen LogP contribution is 2.34. The van der Waals surface area contributed by atoms with Crippen LogP contribution < -0.4 is 10.6 Å². The van der Waals surface area contributed by atoms with Crippen LogP contribution in [-0.4, -0.2) is 33.5 Å². The van der Waals surface area contributed by atoms with Gasteiger partial charge in [0, 0.05) is 16.2 Å². The molecule has 4 amide bonds. The number of amides is 4. The molecule has 7 nitrogen and oxygen atoms in total. The lowest BCUT2D eigenvalue weighted by Crippen LogP contribution is -2.42. The van der Waals surface area contributed by atoms with Crippen LogP contribution in [0.2, 0.25) is 0 Å². The lowest BCUT2D eigenvalue weighted by atomic mass is 9.78. The van der Waals surface area contributed by atoms with Gasteiger partial charge in [0.15, 0.2) is 0 Å². The zero-order valence-corrected chi connectivity index (χ0v) is 19.6. The van der Waals surface area contributed by atoms with Crippen molar-refractivity contribution in [1.29, 1.82) is 0 Å². The Morgan fingerprint density at radius 1 is 1.22 bits per heavy atom. The maximum Gasteiger partial charge on any atom is 0.411 e. The van der Waals surface area contributed by atoms with Gasteiger partial charge >= 0.3 is 6.09 Å². The van der Waals surface area contributed by atoms with Crippen molar-refractivity contribution in [2.24, 2.45) is 5.41 Å².